The predicted molar refractivity (Wildman–Crippen MR) is 87.6 cm³/mol. The van der Waals surface area contributed by atoms with Crippen LogP contribution in [0, 0.1) is 0 Å². The summed E-state index contributed by atoms with van der Waals surface area (Å²) in [5, 5.41) is 0.514. The summed E-state index contributed by atoms with van der Waals surface area (Å²) in [4.78, 5) is 12.1. The Labute approximate surface area is 138 Å². The number of nitrogens with zero attached hydrogens (tertiary/aromatic N) is 1. The predicted octanol–water partition coefficient (Wildman–Crippen LogP) is 2.80. The standard InChI is InChI=1S/C13H15ClN2O4S2/c1-3-20-13(17)12-9(2)16(8-21-12)22(18,19)15-11-6-4-10(14)5-7-11/h4-7,15H,3,8H2,1-2H3. The molecule has 9 heteroatoms. The molecule has 1 heterocycles. The number of anilines is 1. The van der Waals surface area contributed by atoms with Crippen LogP contribution in [0.4, 0.5) is 5.69 Å². The maximum atomic E-state index is 12.4. The van der Waals surface area contributed by atoms with Crippen LogP contribution in [0.15, 0.2) is 34.9 Å². The SMILES string of the molecule is CCOC(=O)C1=C(C)N(S(=O)(=O)Nc2ccc(Cl)cc2)CS1. The fraction of sp³-hybridized carbons (Fsp3) is 0.308. The minimum Gasteiger partial charge on any atom is -0.462 e. The minimum absolute atomic E-state index is 0.128. The second kappa shape index (κ2) is 6.80. The van der Waals surface area contributed by atoms with Crippen LogP contribution in [0.25, 0.3) is 0 Å². The van der Waals surface area contributed by atoms with Crippen LogP contribution < -0.4 is 4.72 Å². The summed E-state index contributed by atoms with van der Waals surface area (Å²) in [5.41, 5.74) is 0.747. The number of thioether (sulfide) groups is 1. The first-order chi connectivity index (χ1) is 10.3. The summed E-state index contributed by atoms with van der Waals surface area (Å²) in [6.45, 7) is 3.52. The lowest BCUT2D eigenvalue weighted by Gasteiger charge is -2.20. The van der Waals surface area contributed by atoms with Crippen molar-refractivity contribution in [2.75, 3.05) is 17.2 Å². The average molecular weight is 363 g/mol. The van der Waals surface area contributed by atoms with Crippen molar-refractivity contribution in [1.29, 1.82) is 0 Å². The number of benzene rings is 1. The molecule has 0 spiro atoms. The van der Waals surface area contributed by atoms with E-state index in [0.29, 0.717) is 21.3 Å². The van der Waals surface area contributed by atoms with E-state index in [0.717, 1.165) is 16.1 Å². The molecule has 0 unspecified atom stereocenters. The number of halogens is 1. The maximum absolute atomic E-state index is 12.4. The number of ether oxygens (including phenoxy) is 1. The van der Waals surface area contributed by atoms with Gasteiger partial charge in [0.15, 0.2) is 0 Å². The zero-order valence-electron chi connectivity index (χ0n) is 12.0. The van der Waals surface area contributed by atoms with E-state index < -0.39 is 16.2 Å². The molecule has 0 radical (unpaired) electrons. The van der Waals surface area contributed by atoms with Gasteiger partial charge in [0.2, 0.25) is 0 Å². The van der Waals surface area contributed by atoms with E-state index in [2.05, 4.69) is 4.72 Å². The highest BCUT2D eigenvalue weighted by Gasteiger charge is 2.33. The summed E-state index contributed by atoms with van der Waals surface area (Å²) in [7, 11) is -3.80. The first-order valence-electron chi connectivity index (χ1n) is 6.42. The van der Waals surface area contributed by atoms with Gasteiger partial charge in [-0.2, -0.15) is 8.42 Å². The summed E-state index contributed by atoms with van der Waals surface area (Å²) in [5.74, 6) is -0.377. The van der Waals surface area contributed by atoms with Gasteiger partial charge in [-0.3, -0.25) is 4.72 Å². The van der Waals surface area contributed by atoms with Crippen molar-refractivity contribution >= 4 is 45.2 Å². The molecule has 0 fully saturated rings. The van der Waals surface area contributed by atoms with Crippen LogP contribution in [-0.4, -0.2) is 31.2 Å². The Balaban J connectivity index is 2.20. The average Bonchev–Trinajstić information content (AvgIpc) is 2.84. The smallest absolute Gasteiger partial charge is 0.346 e. The first kappa shape index (κ1) is 17.0. The van der Waals surface area contributed by atoms with E-state index in [4.69, 9.17) is 16.3 Å². The van der Waals surface area contributed by atoms with Gasteiger partial charge < -0.3 is 4.74 Å². The molecule has 0 atom stereocenters. The Morgan fingerprint density at radius 1 is 1.41 bits per heavy atom. The van der Waals surface area contributed by atoms with E-state index in [1.54, 1.807) is 38.1 Å². The van der Waals surface area contributed by atoms with Crippen LogP contribution >= 0.6 is 23.4 Å². The second-order valence-corrected chi connectivity index (χ2v) is 7.36. The maximum Gasteiger partial charge on any atom is 0.346 e. The molecule has 120 valence electrons. The van der Waals surface area contributed by atoms with Crippen LogP contribution in [0.5, 0.6) is 0 Å². The molecule has 2 rings (SSSR count). The largest absolute Gasteiger partial charge is 0.462 e. The third-order valence-electron chi connectivity index (χ3n) is 2.87. The van der Waals surface area contributed by atoms with Gasteiger partial charge in [0.05, 0.1) is 18.2 Å². The van der Waals surface area contributed by atoms with E-state index in [1.807, 2.05) is 0 Å². The topological polar surface area (TPSA) is 75.7 Å². The fourth-order valence-electron chi connectivity index (χ4n) is 1.81. The molecule has 0 amide bonds. The highest BCUT2D eigenvalue weighted by molar-refractivity contribution is 8.05. The Morgan fingerprint density at radius 2 is 2.05 bits per heavy atom. The van der Waals surface area contributed by atoms with Gasteiger partial charge in [-0.25, -0.2) is 9.10 Å². The second-order valence-electron chi connectivity index (χ2n) is 4.37. The quantitative estimate of drug-likeness (QED) is 0.815. The number of carbonyl (C=O) groups excluding carboxylic acids is 1. The lowest BCUT2D eigenvalue weighted by Crippen LogP contribution is -2.32. The Morgan fingerprint density at radius 3 is 2.64 bits per heavy atom. The number of hydrogen-bond acceptors (Lipinski definition) is 5. The molecule has 6 nitrogen and oxygen atoms in total. The van der Waals surface area contributed by atoms with Crippen LogP contribution in [0.2, 0.25) is 5.02 Å². The van der Waals surface area contributed by atoms with Gasteiger partial charge in [-0.1, -0.05) is 23.4 Å². The van der Waals surface area contributed by atoms with Crippen LogP contribution in [0.3, 0.4) is 0 Å². The number of allylic oxidation sites excluding steroid dienone is 1. The molecule has 0 bridgehead atoms. The van der Waals surface area contributed by atoms with E-state index >= 15 is 0 Å². The summed E-state index contributed by atoms with van der Waals surface area (Å²) in [6, 6.07) is 6.30. The molecule has 0 aliphatic carbocycles. The summed E-state index contributed by atoms with van der Waals surface area (Å²) < 4.78 is 33.3. The van der Waals surface area contributed by atoms with Crippen molar-refractivity contribution in [3.63, 3.8) is 0 Å². The van der Waals surface area contributed by atoms with Gasteiger partial charge in [0, 0.05) is 10.7 Å². The van der Waals surface area contributed by atoms with Crippen molar-refractivity contribution in [1.82, 2.24) is 4.31 Å². The summed E-state index contributed by atoms with van der Waals surface area (Å²) in [6.07, 6.45) is 0. The number of nitrogens with one attached hydrogen (secondary N) is 1. The van der Waals surface area contributed by atoms with Crippen molar-refractivity contribution in [3.05, 3.63) is 39.9 Å². The first-order valence-corrected chi connectivity index (χ1v) is 9.22. The van der Waals surface area contributed by atoms with Gasteiger partial charge >= 0.3 is 16.2 Å². The van der Waals surface area contributed by atoms with E-state index in [9.17, 15) is 13.2 Å². The summed E-state index contributed by atoms with van der Waals surface area (Å²) >= 11 is 6.90. The van der Waals surface area contributed by atoms with Crippen molar-refractivity contribution in [3.8, 4) is 0 Å². The zero-order chi connectivity index (χ0) is 16.3. The number of rotatable bonds is 5. The molecular formula is C13H15ClN2O4S2. The number of esters is 1. The number of carbonyl (C=O) groups is 1. The monoisotopic (exact) mass is 362 g/mol. The van der Waals surface area contributed by atoms with Gasteiger partial charge in [0.25, 0.3) is 0 Å². The fourth-order valence-corrected chi connectivity index (χ4v) is 4.64. The molecule has 0 saturated heterocycles. The Hall–Kier alpha value is -1.38. The zero-order valence-corrected chi connectivity index (χ0v) is 14.4. The Kier molecular flexibility index (Phi) is 5.25. The number of hydrogen-bond donors (Lipinski definition) is 1. The third kappa shape index (κ3) is 3.68. The molecule has 0 aromatic heterocycles. The van der Waals surface area contributed by atoms with Crippen molar-refractivity contribution in [2.45, 2.75) is 13.8 Å². The van der Waals surface area contributed by atoms with Gasteiger partial charge in [0.1, 0.15) is 4.91 Å². The molecule has 1 aliphatic rings. The van der Waals surface area contributed by atoms with E-state index in [-0.39, 0.29) is 12.5 Å². The lowest BCUT2D eigenvalue weighted by molar-refractivity contribution is -0.137. The molecule has 1 N–H and O–H groups in total. The van der Waals surface area contributed by atoms with Crippen LogP contribution in [0.1, 0.15) is 13.8 Å². The molecule has 1 aliphatic heterocycles. The van der Waals surface area contributed by atoms with Gasteiger partial charge in [-0.05, 0) is 38.1 Å². The molecule has 1 aromatic rings. The highest BCUT2D eigenvalue weighted by Crippen LogP contribution is 2.34. The van der Waals surface area contributed by atoms with Crippen molar-refractivity contribution in [2.24, 2.45) is 0 Å². The highest BCUT2D eigenvalue weighted by atomic mass is 35.5. The Bertz CT molecular complexity index is 701. The van der Waals surface area contributed by atoms with Crippen LogP contribution in [-0.2, 0) is 19.7 Å². The molecule has 0 saturated carbocycles. The van der Waals surface area contributed by atoms with Crippen molar-refractivity contribution < 1.29 is 17.9 Å². The van der Waals surface area contributed by atoms with E-state index in [1.165, 1.54) is 0 Å². The molecule has 22 heavy (non-hydrogen) atoms. The molecular weight excluding hydrogens is 348 g/mol. The minimum atomic E-state index is -3.80. The van der Waals surface area contributed by atoms with Gasteiger partial charge in [-0.15, -0.1) is 0 Å². The normalized spacial score (nSPS) is 15.1. The lowest BCUT2D eigenvalue weighted by atomic mass is 10.3. The molecule has 1 aromatic carbocycles. The third-order valence-corrected chi connectivity index (χ3v) is 5.90.